The lowest BCUT2D eigenvalue weighted by atomic mass is 9.78. The third-order valence-corrected chi connectivity index (χ3v) is 3.82. The summed E-state index contributed by atoms with van der Waals surface area (Å²) in [5.41, 5.74) is -0.139. The fourth-order valence-corrected chi connectivity index (χ4v) is 2.40. The number of amides is 1. The van der Waals surface area contributed by atoms with E-state index < -0.39 is 5.54 Å². The van der Waals surface area contributed by atoms with Crippen LogP contribution < -0.4 is 5.32 Å². The predicted octanol–water partition coefficient (Wildman–Crippen LogP) is 2.16. The lowest BCUT2D eigenvalue weighted by Crippen LogP contribution is -2.49. The molecule has 0 aromatic carbocycles. The first-order valence-electron chi connectivity index (χ1n) is 6.68. The van der Waals surface area contributed by atoms with E-state index in [1.165, 1.54) is 12.3 Å². The largest absolute Gasteiger partial charge is 0.332 e. The van der Waals surface area contributed by atoms with Crippen LogP contribution in [0.2, 0.25) is 0 Å². The van der Waals surface area contributed by atoms with Crippen molar-refractivity contribution in [1.29, 1.82) is 10.5 Å². The van der Waals surface area contributed by atoms with Gasteiger partial charge >= 0.3 is 0 Å². The molecular weight excluding hydrogens is 252 g/mol. The summed E-state index contributed by atoms with van der Waals surface area (Å²) >= 11 is 0. The molecule has 1 N–H and O–H groups in total. The van der Waals surface area contributed by atoms with Crippen molar-refractivity contribution < 1.29 is 4.79 Å². The Kier molecular flexibility index (Phi) is 4.00. The van der Waals surface area contributed by atoms with Crippen LogP contribution in [0.4, 0.5) is 0 Å². The summed E-state index contributed by atoms with van der Waals surface area (Å²) in [6, 6.07) is 7.25. The molecule has 0 unspecified atom stereocenters. The van der Waals surface area contributed by atoms with Crippen LogP contribution in [-0.4, -0.2) is 16.4 Å². The van der Waals surface area contributed by atoms with Gasteiger partial charge in [-0.25, -0.2) is 4.98 Å². The van der Waals surface area contributed by atoms with Gasteiger partial charge in [0.2, 0.25) is 0 Å². The summed E-state index contributed by atoms with van der Waals surface area (Å²) in [5.74, 6) is 0.243. The molecule has 5 heteroatoms. The Morgan fingerprint density at radius 2 is 2.10 bits per heavy atom. The monoisotopic (exact) mass is 268 g/mol. The molecule has 1 heterocycles. The Balaban J connectivity index is 2.09. The highest BCUT2D eigenvalue weighted by Gasteiger charge is 2.36. The van der Waals surface area contributed by atoms with Gasteiger partial charge in [-0.3, -0.25) is 4.79 Å². The van der Waals surface area contributed by atoms with E-state index >= 15 is 0 Å². The van der Waals surface area contributed by atoms with Crippen LogP contribution in [0, 0.1) is 28.6 Å². The minimum Gasteiger partial charge on any atom is -0.332 e. The first-order valence-corrected chi connectivity index (χ1v) is 6.68. The molecule has 1 fully saturated rings. The van der Waals surface area contributed by atoms with Crippen LogP contribution in [0.15, 0.2) is 18.3 Å². The third kappa shape index (κ3) is 2.95. The first-order chi connectivity index (χ1) is 9.58. The number of carbonyl (C=O) groups is 1. The second-order valence-electron chi connectivity index (χ2n) is 5.37. The van der Waals surface area contributed by atoms with Crippen LogP contribution in [-0.2, 0) is 0 Å². The number of nitrogens with one attached hydrogen (secondary N) is 1. The number of aromatic nitrogens is 1. The van der Waals surface area contributed by atoms with Crippen molar-refractivity contribution >= 4 is 5.91 Å². The third-order valence-electron chi connectivity index (χ3n) is 3.82. The van der Waals surface area contributed by atoms with Crippen molar-refractivity contribution in [2.45, 2.75) is 38.1 Å². The fourth-order valence-electron chi connectivity index (χ4n) is 2.40. The van der Waals surface area contributed by atoms with Gasteiger partial charge in [-0.15, -0.1) is 0 Å². The van der Waals surface area contributed by atoms with Crippen LogP contribution in [0.3, 0.4) is 0 Å². The van der Waals surface area contributed by atoms with Gasteiger partial charge in [-0.1, -0.05) is 6.92 Å². The van der Waals surface area contributed by atoms with Crippen LogP contribution in [0.25, 0.3) is 0 Å². The molecule has 0 spiro atoms. The van der Waals surface area contributed by atoms with Crippen molar-refractivity contribution in [3.05, 3.63) is 29.6 Å². The van der Waals surface area contributed by atoms with Gasteiger partial charge in [0.1, 0.15) is 17.3 Å². The topological polar surface area (TPSA) is 89.6 Å². The highest BCUT2D eigenvalue weighted by molar-refractivity contribution is 5.93. The van der Waals surface area contributed by atoms with Crippen molar-refractivity contribution in [3.8, 4) is 12.1 Å². The second kappa shape index (κ2) is 5.71. The van der Waals surface area contributed by atoms with Crippen LogP contribution >= 0.6 is 0 Å². The minimum absolute atomic E-state index is 0.234. The second-order valence-corrected chi connectivity index (χ2v) is 5.37. The molecule has 1 aromatic rings. The van der Waals surface area contributed by atoms with E-state index in [0.717, 1.165) is 12.8 Å². The summed E-state index contributed by atoms with van der Waals surface area (Å²) in [4.78, 5) is 16.1. The maximum Gasteiger partial charge on any atom is 0.271 e. The van der Waals surface area contributed by atoms with E-state index in [0.29, 0.717) is 24.3 Å². The molecule has 2 rings (SSSR count). The van der Waals surface area contributed by atoms with Gasteiger partial charge in [0.15, 0.2) is 0 Å². The summed E-state index contributed by atoms with van der Waals surface area (Å²) in [7, 11) is 0. The molecule has 5 nitrogen and oxygen atoms in total. The maximum atomic E-state index is 12.2. The van der Waals surface area contributed by atoms with E-state index in [9.17, 15) is 10.1 Å². The molecule has 1 aliphatic carbocycles. The number of hydrogen-bond acceptors (Lipinski definition) is 4. The first kappa shape index (κ1) is 14.0. The molecule has 0 atom stereocenters. The summed E-state index contributed by atoms with van der Waals surface area (Å²) < 4.78 is 0. The molecule has 1 saturated carbocycles. The normalized spacial score (nSPS) is 25.2. The number of nitriles is 2. The zero-order valence-electron chi connectivity index (χ0n) is 11.4. The van der Waals surface area contributed by atoms with Crippen molar-refractivity contribution in [3.63, 3.8) is 0 Å². The van der Waals surface area contributed by atoms with Gasteiger partial charge in [-0.05, 0) is 43.7 Å². The molecule has 1 aliphatic rings. The van der Waals surface area contributed by atoms with Gasteiger partial charge in [-0.2, -0.15) is 10.5 Å². The average Bonchev–Trinajstić information content (AvgIpc) is 2.50. The lowest BCUT2D eigenvalue weighted by molar-refractivity contribution is 0.0889. The highest BCUT2D eigenvalue weighted by atomic mass is 16.2. The number of nitrogens with zero attached hydrogens (tertiary/aromatic N) is 3. The van der Waals surface area contributed by atoms with E-state index in [1.807, 2.05) is 6.07 Å². The summed E-state index contributed by atoms with van der Waals surface area (Å²) in [5, 5.41) is 20.9. The predicted molar refractivity (Wildman–Crippen MR) is 72.4 cm³/mol. The minimum atomic E-state index is -0.779. The smallest absolute Gasteiger partial charge is 0.271 e. The number of carbonyl (C=O) groups excluding carboxylic acids is 1. The molecular formula is C15H16N4O. The summed E-state index contributed by atoms with van der Waals surface area (Å²) in [6.07, 6.45) is 4.58. The van der Waals surface area contributed by atoms with Crippen LogP contribution in [0.1, 0.15) is 48.7 Å². The number of rotatable bonds is 2. The van der Waals surface area contributed by atoms with Crippen molar-refractivity contribution in [2.24, 2.45) is 5.92 Å². The fraction of sp³-hybridized carbons (Fsp3) is 0.467. The Labute approximate surface area is 118 Å². The molecule has 102 valence electrons. The number of pyridine rings is 1. The SMILES string of the molecule is CC1CCC(C#N)(NC(=O)c2ccc(C#N)cn2)CC1. The Morgan fingerprint density at radius 1 is 1.40 bits per heavy atom. The van der Waals surface area contributed by atoms with E-state index in [1.54, 1.807) is 6.07 Å². The maximum absolute atomic E-state index is 12.2. The highest BCUT2D eigenvalue weighted by Crippen LogP contribution is 2.31. The number of hydrogen-bond donors (Lipinski definition) is 1. The Hall–Kier alpha value is -2.40. The van der Waals surface area contributed by atoms with Crippen LogP contribution in [0.5, 0.6) is 0 Å². The molecule has 1 aromatic heterocycles. The van der Waals surface area contributed by atoms with E-state index in [-0.39, 0.29) is 11.6 Å². The molecule has 1 amide bonds. The van der Waals surface area contributed by atoms with E-state index in [4.69, 9.17) is 5.26 Å². The lowest BCUT2D eigenvalue weighted by Gasteiger charge is -2.34. The van der Waals surface area contributed by atoms with Crippen molar-refractivity contribution in [1.82, 2.24) is 10.3 Å². The quantitative estimate of drug-likeness (QED) is 0.889. The zero-order valence-corrected chi connectivity index (χ0v) is 11.4. The van der Waals surface area contributed by atoms with Gasteiger partial charge in [0, 0.05) is 6.20 Å². The molecule has 0 bridgehead atoms. The van der Waals surface area contributed by atoms with E-state index in [2.05, 4.69) is 23.3 Å². The molecule has 0 saturated heterocycles. The zero-order chi connectivity index (χ0) is 14.6. The summed E-state index contributed by atoms with van der Waals surface area (Å²) in [6.45, 7) is 2.16. The Morgan fingerprint density at radius 3 is 2.60 bits per heavy atom. The van der Waals surface area contributed by atoms with Gasteiger partial charge < -0.3 is 5.32 Å². The molecule has 0 radical (unpaired) electrons. The van der Waals surface area contributed by atoms with Gasteiger partial charge in [0.05, 0.1) is 11.6 Å². The van der Waals surface area contributed by atoms with Crippen molar-refractivity contribution in [2.75, 3.05) is 0 Å². The molecule has 0 aliphatic heterocycles. The Bertz CT molecular complexity index is 571. The average molecular weight is 268 g/mol. The molecule has 20 heavy (non-hydrogen) atoms. The standard InChI is InChI=1S/C15H16N4O/c1-11-4-6-15(10-17,7-5-11)19-14(20)13-3-2-12(8-16)9-18-13/h2-3,9,11H,4-7H2,1H3,(H,19,20). The van der Waals surface area contributed by atoms with Gasteiger partial charge in [0.25, 0.3) is 5.91 Å².